The molecule has 1 saturated heterocycles. The quantitative estimate of drug-likeness (QED) is 0.432. The van der Waals surface area contributed by atoms with Gasteiger partial charge in [0.1, 0.15) is 23.7 Å². The Morgan fingerprint density at radius 3 is 2.08 bits per heavy atom. The fraction of sp³-hybridized carbons (Fsp3) is 0.300. The van der Waals surface area contributed by atoms with Crippen molar-refractivity contribution in [2.24, 2.45) is 0 Å². The minimum absolute atomic E-state index is 0.0335. The molecule has 1 aliphatic heterocycles. The second kappa shape index (κ2) is 12.2. The minimum Gasteiger partial charge on any atom is -0.378 e. The summed E-state index contributed by atoms with van der Waals surface area (Å²) in [4.78, 5) is 40.9. The van der Waals surface area contributed by atoms with Crippen molar-refractivity contribution in [1.82, 2.24) is 15.5 Å². The van der Waals surface area contributed by atoms with Crippen LogP contribution in [0.25, 0.3) is 0 Å². The summed E-state index contributed by atoms with van der Waals surface area (Å²) in [5, 5.41) is 15.5. The highest BCUT2D eigenvalue weighted by molar-refractivity contribution is 5.93. The average molecular weight is 536 g/mol. The van der Waals surface area contributed by atoms with Crippen molar-refractivity contribution < 1.29 is 28.3 Å². The van der Waals surface area contributed by atoms with Gasteiger partial charge in [0, 0.05) is 31.5 Å². The van der Waals surface area contributed by atoms with Crippen LogP contribution >= 0.6 is 0 Å². The lowest BCUT2D eigenvalue weighted by Crippen LogP contribution is -2.54. The summed E-state index contributed by atoms with van der Waals surface area (Å²) >= 11 is 0. The van der Waals surface area contributed by atoms with Gasteiger partial charge in [0.2, 0.25) is 11.8 Å². The van der Waals surface area contributed by atoms with E-state index in [0.29, 0.717) is 19.0 Å². The Morgan fingerprint density at radius 2 is 1.49 bits per heavy atom. The molecule has 7 nitrogen and oxygen atoms in total. The largest absolute Gasteiger partial charge is 0.378 e. The van der Waals surface area contributed by atoms with E-state index in [0.717, 1.165) is 23.3 Å². The number of likely N-dealkylation sites (N-methyl/N-ethyl adjacent to an activating group) is 1. The predicted octanol–water partition coefficient (Wildman–Crippen LogP) is 3.42. The smallest absolute Gasteiger partial charge is 0.254 e. The number of hydrogen-bond acceptors (Lipinski definition) is 4. The zero-order chi connectivity index (χ0) is 28.1. The van der Waals surface area contributed by atoms with E-state index in [9.17, 15) is 28.3 Å². The van der Waals surface area contributed by atoms with E-state index >= 15 is 0 Å². The lowest BCUT2D eigenvalue weighted by atomic mass is 9.82. The summed E-state index contributed by atoms with van der Waals surface area (Å²) < 4.78 is 27.1. The minimum atomic E-state index is -1.89. The van der Waals surface area contributed by atoms with Crippen molar-refractivity contribution in [1.29, 1.82) is 0 Å². The molecule has 0 unspecified atom stereocenters. The van der Waals surface area contributed by atoms with Crippen LogP contribution < -0.4 is 10.6 Å². The number of likely N-dealkylation sites (tertiary alicyclic amines) is 1. The highest BCUT2D eigenvalue weighted by atomic mass is 19.1. The van der Waals surface area contributed by atoms with Gasteiger partial charge in [-0.3, -0.25) is 14.4 Å². The summed E-state index contributed by atoms with van der Waals surface area (Å²) in [7, 11) is 1.70. The van der Waals surface area contributed by atoms with Crippen molar-refractivity contribution in [2.45, 2.75) is 43.4 Å². The van der Waals surface area contributed by atoms with Crippen LogP contribution in [-0.4, -0.2) is 53.4 Å². The van der Waals surface area contributed by atoms with Crippen molar-refractivity contribution in [2.75, 3.05) is 13.6 Å². The molecule has 1 fully saturated rings. The van der Waals surface area contributed by atoms with Gasteiger partial charge in [0.15, 0.2) is 6.10 Å². The number of hydrogen-bond donors (Lipinski definition) is 3. The van der Waals surface area contributed by atoms with Gasteiger partial charge in [-0.2, -0.15) is 0 Å². The van der Waals surface area contributed by atoms with Gasteiger partial charge in [-0.05, 0) is 42.2 Å². The molecule has 1 aliphatic rings. The lowest BCUT2D eigenvalue weighted by molar-refractivity contribution is -0.137. The summed E-state index contributed by atoms with van der Waals surface area (Å²) in [6.45, 7) is 1.88. The molecule has 1 heterocycles. The fourth-order valence-corrected chi connectivity index (χ4v) is 5.03. The molecule has 204 valence electrons. The molecule has 39 heavy (non-hydrogen) atoms. The SMILES string of the molecule is C[C@H](NC(=O)[C@@H](O)c1cc(F)cc(F)c1)C(=O)N[C@@H]1C(=O)N(C)C[C@H](c2ccccc2)C[C@H]1c1ccccc1. The number of aliphatic hydroxyl groups is 1. The molecule has 5 atom stereocenters. The van der Waals surface area contributed by atoms with E-state index < -0.39 is 41.6 Å². The molecular weight excluding hydrogens is 504 g/mol. The van der Waals surface area contributed by atoms with Crippen molar-refractivity contribution in [3.63, 3.8) is 0 Å². The molecule has 0 saturated carbocycles. The molecular formula is C30H31F2N3O4. The standard InChI is InChI=1S/C30H31F2N3O4/c1-18(33-29(38)27(36)21-13-23(31)16-24(32)14-21)28(37)34-26-25(20-11-7-4-8-12-20)15-22(17-35(2)30(26)39)19-9-5-3-6-10-19/h3-14,16,18,22,25-27,36H,15,17H2,1-2H3,(H,33,38)(H,34,37)/t18-,22+,25-,26-,27-/m0/s1. The van der Waals surface area contributed by atoms with E-state index in [1.54, 1.807) is 11.9 Å². The van der Waals surface area contributed by atoms with Crippen molar-refractivity contribution in [3.8, 4) is 0 Å². The van der Waals surface area contributed by atoms with Crippen molar-refractivity contribution in [3.05, 3.63) is 107 Å². The van der Waals surface area contributed by atoms with Crippen LogP contribution in [0.3, 0.4) is 0 Å². The van der Waals surface area contributed by atoms with Gasteiger partial charge in [0.25, 0.3) is 5.91 Å². The third-order valence-electron chi connectivity index (χ3n) is 7.07. The summed E-state index contributed by atoms with van der Waals surface area (Å²) in [6, 6.07) is 19.6. The van der Waals surface area contributed by atoms with Crippen LogP contribution in [0.4, 0.5) is 8.78 Å². The number of carbonyl (C=O) groups excluding carboxylic acids is 3. The molecule has 3 aromatic rings. The topological polar surface area (TPSA) is 98.7 Å². The molecule has 0 spiro atoms. The fourth-order valence-electron chi connectivity index (χ4n) is 5.03. The summed E-state index contributed by atoms with van der Waals surface area (Å²) in [6.07, 6.45) is -1.29. The monoisotopic (exact) mass is 535 g/mol. The van der Waals surface area contributed by atoms with E-state index in [1.165, 1.54) is 6.92 Å². The molecule has 0 aliphatic carbocycles. The second-order valence-electron chi connectivity index (χ2n) is 9.90. The molecule has 3 N–H and O–H groups in total. The zero-order valence-corrected chi connectivity index (χ0v) is 21.7. The number of carbonyl (C=O) groups is 3. The van der Waals surface area contributed by atoms with E-state index in [4.69, 9.17) is 0 Å². The molecule has 3 aromatic carbocycles. The third-order valence-corrected chi connectivity index (χ3v) is 7.07. The van der Waals surface area contributed by atoms with Gasteiger partial charge < -0.3 is 20.6 Å². The maximum atomic E-state index is 13.6. The summed E-state index contributed by atoms with van der Waals surface area (Å²) in [5.74, 6) is -4.10. The maximum Gasteiger partial charge on any atom is 0.254 e. The number of amides is 3. The van der Waals surface area contributed by atoms with Crippen LogP contribution in [0.2, 0.25) is 0 Å². The zero-order valence-electron chi connectivity index (χ0n) is 21.7. The normalized spacial score (nSPS) is 21.0. The van der Waals surface area contributed by atoms with Gasteiger partial charge in [-0.1, -0.05) is 60.7 Å². The van der Waals surface area contributed by atoms with Crippen LogP contribution in [0.15, 0.2) is 78.9 Å². The van der Waals surface area contributed by atoms with Crippen molar-refractivity contribution >= 4 is 17.7 Å². The highest BCUT2D eigenvalue weighted by Crippen LogP contribution is 2.36. The number of nitrogens with zero attached hydrogens (tertiary/aromatic N) is 1. The Kier molecular flexibility index (Phi) is 8.71. The van der Waals surface area contributed by atoms with Gasteiger partial charge in [-0.15, -0.1) is 0 Å². The number of aliphatic hydroxyl groups excluding tert-OH is 1. The number of rotatable bonds is 7. The number of halogens is 2. The first-order chi connectivity index (χ1) is 18.6. The van der Waals surface area contributed by atoms with Crippen LogP contribution in [0.5, 0.6) is 0 Å². The first kappa shape index (κ1) is 27.9. The Balaban J connectivity index is 1.53. The Bertz CT molecular complexity index is 1300. The molecule has 0 bridgehead atoms. The van der Waals surface area contributed by atoms with Crippen LogP contribution in [0.1, 0.15) is 48.0 Å². The maximum absolute atomic E-state index is 13.6. The number of benzene rings is 3. The molecule has 0 aromatic heterocycles. The molecule has 4 rings (SSSR count). The highest BCUT2D eigenvalue weighted by Gasteiger charge is 2.39. The lowest BCUT2D eigenvalue weighted by Gasteiger charge is -2.29. The molecule has 3 amide bonds. The average Bonchev–Trinajstić information content (AvgIpc) is 3.05. The second-order valence-corrected chi connectivity index (χ2v) is 9.90. The van der Waals surface area contributed by atoms with Crippen LogP contribution in [0, 0.1) is 11.6 Å². The Labute approximate surface area is 225 Å². The van der Waals surface area contributed by atoms with Gasteiger partial charge in [-0.25, -0.2) is 8.78 Å². The Hall–Kier alpha value is -4.11. The van der Waals surface area contributed by atoms with E-state index in [-0.39, 0.29) is 23.3 Å². The molecule has 0 radical (unpaired) electrons. The summed E-state index contributed by atoms with van der Waals surface area (Å²) in [5.41, 5.74) is 1.70. The number of nitrogens with one attached hydrogen (secondary N) is 2. The molecule has 9 heteroatoms. The third kappa shape index (κ3) is 6.67. The Morgan fingerprint density at radius 1 is 0.923 bits per heavy atom. The van der Waals surface area contributed by atoms with E-state index in [1.807, 2.05) is 60.7 Å². The predicted molar refractivity (Wildman–Crippen MR) is 141 cm³/mol. The van der Waals surface area contributed by atoms with Gasteiger partial charge >= 0.3 is 0 Å². The first-order valence-corrected chi connectivity index (χ1v) is 12.7. The first-order valence-electron chi connectivity index (χ1n) is 12.7. The van der Waals surface area contributed by atoms with E-state index in [2.05, 4.69) is 10.6 Å². The van der Waals surface area contributed by atoms with Crippen LogP contribution in [-0.2, 0) is 14.4 Å². The van der Waals surface area contributed by atoms with Gasteiger partial charge in [0.05, 0.1) is 0 Å².